The lowest BCUT2D eigenvalue weighted by atomic mass is 10.3. The lowest BCUT2D eigenvalue weighted by Gasteiger charge is -2.10. The number of thiophene rings is 1. The molecule has 2 rings (SSSR count). The van der Waals surface area contributed by atoms with Gasteiger partial charge in [0.1, 0.15) is 15.7 Å². The standard InChI is InChI=1S/C12H14BrNO3S2/c1-7-6-11(18-12(7)13)19(15,16)14-9(3)10-5-4-8(2)17-10/h4-6,9,14H,1-3H3. The molecule has 1 N–H and O–H groups in total. The van der Waals surface area contributed by atoms with Crippen LogP contribution in [0.4, 0.5) is 0 Å². The summed E-state index contributed by atoms with van der Waals surface area (Å²) in [4.78, 5) is 0. The molecule has 0 aromatic carbocycles. The van der Waals surface area contributed by atoms with E-state index in [4.69, 9.17) is 4.42 Å². The number of nitrogens with one attached hydrogen (secondary N) is 1. The van der Waals surface area contributed by atoms with Crippen LogP contribution in [0.1, 0.15) is 30.0 Å². The van der Waals surface area contributed by atoms with Crippen molar-refractivity contribution in [1.82, 2.24) is 4.72 Å². The maximum absolute atomic E-state index is 12.2. The molecule has 0 spiro atoms. The molecule has 0 aliphatic heterocycles. The molecule has 0 saturated carbocycles. The molecule has 0 saturated heterocycles. The molecule has 0 aliphatic rings. The summed E-state index contributed by atoms with van der Waals surface area (Å²) in [6, 6.07) is 4.83. The molecule has 0 amide bonds. The van der Waals surface area contributed by atoms with E-state index in [1.54, 1.807) is 19.1 Å². The van der Waals surface area contributed by atoms with Crippen LogP contribution in [0, 0.1) is 13.8 Å². The molecule has 104 valence electrons. The zero-order valence-corrected chi connectivity index (χ0v) is 13.9. The van der Waals surface area contributed by atoms with Gasteiger partial charge in [0.05, 0.1) is 9.83 Å². The highest BCUT2D eigenvalue weighted by Gasteiger charge is 2.22. The Morgan fingerprint density at radius 2 is 2.05 bits per heavy atom. The van der Waals surface area contributed by atoms with Crippen LogP contribution < -0.4 is 4.72 Å². The zero-order valence-electron chi connectivity index (χ0n) is 10.7. The Morgan fingerprint density at radius 1 is 1.37 bits per heavy atom. The van der Waals surface area contributed by atoms with Gasteiger partial charge in [0.25, 0.3) is 10.0 Å². The monoisotopic (exact) mass is 363 g/mol. The van der Waals surface area contributed by atoms with E-state index >= 15 is 0 Å². The molecule has 0 bridgehead atoms. The number of sulfonamides is 1. The minimum atomic E-state index is -3.52. The van der Waals surface area contributed by atoms with Crippen molar-refractivity contribution in [3.8, 4) is 0 Å². The molecule has 1 unspecified atom stereocenters. The second kappa shape index (κ2) is 5.40. The lowest BCUT2D eigenvalue weighted by Crippen LogP contribution is -2.25. The predicted octanol–water partition coefficient (Wildman–Crippen LogP) is 3.76. The van der Waals surface area contributed by atoms with Gasteiger partial charge in [-0.1, -0.05) is 0 Å². The number of aryl methyl sites for hydroxylation is 2. The van der Waals surface area contributed by atoms with Gasteiger partial charge in [0.15, 0.2) is 0 Å². The maximum Gasteiger partial charge on any atom is 0.250 e. The van der Waals surface area contributed by atoms with E-state index in [1.807, 2.05) is 19.9 Å². The lowest BCUT2D eigenvalue weighted by molar-refractivity contribution is 0.441. The van der Waals surface area contributed by atoms with Crippen LogP contribution in [-0.4, -0.2) is 8.42 Å². The van der Waals surface area contributed by atoms with E-state index in [-0.39, 0.29) is 0 Å². The highest BCUT2D eigenvalue weighted by molar-refractivity contribution is 9.11. The Hall–Kier alpha value is -0.630. The van der Waals surface area contributed by atoms with Gasteiger partial charge in [-0.05, 0) is 60.5 Å². The fourth-order valence-electron chi connectivity index (χ4n) is 1.60. The van der Waals surface area contributed by atoms with Gasteiger partial charge in [-0.3, -0.25) is 0 Å². The Balaban J connectivity index is 2.22. The van der Waals surface area contributed by atoms with E-state index in [0.29, 0.717) is 9.97 Å². The smallest absolute Gasteiger partial charge is 0.250 e. The summed E-state index contributed by atoms with van der Waals surface area (Å²) in [6.45, 7) is 5.44. The van der Waals surface area contributed by atoms with Gasteiger partial charge >= 0.3 is 0 Å². The minimum Gasteiger partial charge on any atom is -0.465 e. The van der Waals surface area contributed by atoms with Crippen LogP contribution >= 0.6 is 27.3 Å². The molecular weight excluding hydrogens is 350 g/mol. The first kappa shape index (κ1) is 14.8. The van der Waals surface area contributed by atoms with E-state index in [9.17, 15) is 8.42 Å². The van der Waals surface area contributed by atoms with Crippen molar-refractivity contribution >= 4 is 37.3 Å². The van der Waals surface area contributed by atoms with Crippen LogP contribution in [-0.2, 0) is 10.0 Å². The first-order valence-corrected chi connectivity index (χ1v) is 8.73. The van der Waals surface area contributed by atoms with Gasteiger partial charge in [-0.15, -0.1) is 11.3 Å². The van der Waals surface area contributed by atoms with E-state index in [2.05, 4.69) is 20.7 Å². The van der Waals surface area contributed by atoms with Gasteiger partial charge in [-0.25, -0.2) is 13.1 Å². The Bertz CT molecular complexity index is 668. The largest absolute Gasteiger partial charge is 0.465 e. The van der Waals surface area contributed by atoms with Crippen molar-refractivity contribution in [3.63, 3.8) is 0 Å². The molecule has 2 aromatic rings. The molecule has 0 fully saturated rings. The van der Waals surface area contributed by atoms with Crippen LogP contribution in [0.25, 0.3) is 0 Å². The molecule has 1 atom stereocenters. The number of hydrogen-bond donors (Lipinski definition) is 1. The van der Waals surface area contributed by atoms with Crippen molar-refractivity contribution in [3.05, 3.63) is 39.1 Å². The summed E-state index contributed by atoms with van der Waals surface area (Å²) in [7, 11) is -3.52. The SMILES string of the molecule is Cc1ccc(C(C)NS(=O)(=O)c2cc(C)c(Br)s2)o1. The van der Waals surface area contributed by atoms with Crippen LogP contribution in [0.5, 0.6) is 0 Å². The molecule has 4 nitrogen and oxygen atoms in total. The predicted molar refractivity (Wildman–Crippen MR) is 78.9 cm³/mol. The Kier molecular flexibility index (Phi) is 4.20. The molecule has 19 heavy (non-hydrogen) atoms. The maximum atomic E-state index is 12.2. The Labute approximate surface area is 125 Å². The Morgan fingerprint density at radius 3 is 2.53 bits per heavy atom. The van der Waals surface area contributed by atoms with Crippen molar-refractivity contribution < 1.29 is 12.8 Å². The van der Waals surface area contributed by atoms with Gasteiger partial charge < -0.3 is 4.42 Å². The highest BCUT2D eigenvalue weighted by Crippen LogP contribution is 2.31. The molecule has 2 aromatic heterocycles. The summed E-state index contributed by atoms with van der Waals surface area (Å²) in [6.07, 6.45) is 0. The highest BCUT2D eigenvalue weighted by atomic mass is 79.9. The summed E-state index contributed by atoms with van der Waals surface area (Å²) in [5, 5.41) is 0. The summed E-state index contributed by atoms with van der Waals surface area (Å²) in [5.41, 5.74) is 0.909. The molecule has 2 heterocycles. The summed E-state index contributed by atoms with van der Waals surface area (Å²) < 4.78 is 33.6. The summed E-state index contributed by atoms with van der Waals surface area (Å²) >= 11 is 4.53. The number of hydrogen-bond acceptors (Lipinski definition) is 4. The van der Waals surface area contributed by atoms with Crippen molar-refractivity contribution in [2.45, 2.75) is 31.0 Å². The second-order valence-corrected chi connectivity index (χ2v) is 8.62. The number of furan rings is 1. The van der Waals surface area contributed by atoms with E-state index in [0.717, 1.165) is 15.1 Å². The van der Waals surface area contributed by atoms with Crippen molar-refractivity contribution in [1.29, 1.82) is 0 Å². The second-order valence-electron chi connectivity index (χ2n) is 4.31. The quantitative estimate of drug-likeness (QED) is 0.899. The van der Waals surface area contributed by atoms with Gasteiger partial charge in [-0.2, -0.15) is 0 Å². The average Bonchev–Trinajstić information content (AvgIpc) is 2.86. The fourth-order valence-corrected chi connectivity index (χ4v) is 5.05. The molecule has 7 heteroatoms. The van der Waals surface area contributed by atoms with E-state index in [1.165, 1.54) is 11.3 Å². The van der Waals surface area contributed by atoms with Gasteiger partial charge in [0.2, 0.25) is 0 Å². The zero-order chi connectivity index (χ0) is 14.2. The molecule has 0 radical (unpaired) electrons. The minimum absolute atomic E-state index is 0.298. The number of halogens is 1. The first-order chi connectivity index (χ1) is 8.79. The third-order valence-corrected chi connectivity index (χ3v) is 6.77. The van der Waals surface area contributed by atoms with Gasteiger partial charge in [0, 0.05) is 0 Å². The third-order valence-electron chi connectivity index (χ3n) is 2.62. The van der Waals surface area contributed by atoms with Crippen LogP contribution in [0.2, 0.25) is 0 Å². The fraction of sp³-hybridized carbons (Fsp3) is 0.333. The van der Waals surface area contributed by atoms with Crippen LogP contribution in [0.3, 0.4) is 0 Å². The number of rotatable bonds is 4. The first-order valence-electron chi connectivity index (χ1n) is 5.64. The third kappa shape index (κ3) is 3.28. The van der Waals surface area contributed by atoms with E-state index < -0.39 is 16.1 Å². The average molecular weight is 364 g/mol. The van der Waals surface area contributed by atoms with Crippen molar-refractivity contribution in [2.75, 3.05) is 0 Å². The molecular formula is C12H14BrNO3S2. The summed E-state index contributed by atoms with van der Waals surface area (Å²) in [5.74, 6) is 1.36. The van der Waals surface area contributed by atoms with Crippen molar-refractivity contribution in [2.24, 2.45) is 0 Å². The van der Waals surface area contributed by atoms with Crippen LogP contribution in [0.15, 0.2) is 30.6 Å². The normalized spacial score (nSPS) is 13.7. The molecule has 0 aliphatic carbocycles. The topological polar surface area (TPSA) is 59.3 Å².